The molecule has 1 fully saturated rings. The Hall–Kier alpha value is -1.26. The minimum atomic E-state index is -1.01. The van der Waals surface area contributed by atoms with E-state index in [-0.39, 0.29) is 11.4 Å². The minimum Gasteiger partial charge on any atom is -0.480 e. The van der Waals surface area contributed by atoms with Crippen LogP contribution in [0.3, 0.4) is 0 Å². The van der Waals surface area contributed by atoms with Gasteiger partial charge < -0.3 is 15.3 Å². The van der Waals surface area contributed by atoms with Gasteiger partial charge in [0, 0.05) is 13.1 Å². The van der Waals surface area contributed by atoms with Crippen LogP contribution in [0.1, 0.15) is 40.5 Å². The van der Waals surface area contributed by atoms with Crippen molar-refractivity contribution in [2.24, 2.45) is 11.3 Å². The number of hydrogen-bond acceptors (Lipinski definition) is 2. The average molecular weight is 256 g/mol. The molecule has 0 radical (unpaired) electrons. The van der Waals surface area contributed by atoms with Gasteiger partial charge in [-0.2, -0.15) is 0 Å². The molecule has 1 heterocycles. The molecule has 0 unspecified atom stereocenters. The van der Waals surface area contributed by atoms with E-state index in [1.54, 1.807) is 4.90 Å². The van der Waals surface area contributed by atoms with E-state index in [9.17, 15) is 9.59 Å². The van der Waals surface area contributed by atoms with Crippen LogP contribution in [0, 0.1) is 11.3 Å². The number of carboxylic acid groups (broad SMARTS) is 1. The number of nitrogens with one attached hydrogen (secondary N) is 1. The van der Waals surface area contributed by atoms with Gasteiger partial charge in [0.05, 0.1) is 0 Å². The summed E-state index contributed by atoms with van der Waals surface area (Å²) in [5, 5.41) is 11.2. The van der Waals surface area contributed by atoms with Crippen molar-refractivity contribution in [1.82, 2.24) is 10.2 Å². The van der Waals surface area contributed by atoms with Gasteiger partial charge in [-0.1, -0.05) is 20.8 Å². The van der Waals surface area contributed by atoms with Crippen molar-refractivity contribution in [3.8, 4) is 0 Å². The molecule has 5 nitrogen and oxygen atoms in total. The van der Waals surface area contributed by atoms with Gasteiger partial charge in [-0.3, -0.25) is 4.79 Å². The second-order valence-electron chi connectivity index (χ2n) is 6.14. The molecule has 0 aromatic rings. The van der Waals surface area contributed by atoms with Crippen molar-refractivity contribution in [2.75, 3.05) is 13.1 Å². The Morgan fingerprint density at radius 2 is 1.78 bits per heavy atom. The van der Waals surface area contributed by atoms with Gasteiger partial charge in [-0.25, -0.2) is 4.79 Å². The summed E-state index contributed by atoms with van der Waals surface area (Å²) >= 11 is 0. The highest BCUT2D eigenvalue weighted by Gasteiger charge is 2.30. The Kier molecular flexibility index (Phi) is 4.59. The van der Waals surface area contributed by atoms with Crippen LogP contribution in [0.4, 0.5) is 4.79 Å². The fourth-order valence-electron chi connectivity index (χ4n) is 2.29. The van der Waals surface area contributed by atoms with Crippen LogP contribution < -0.4 is 5.32 Å². The second-order valence-corrected chi connectivity index (χ2v) is 6.14. The molecule has 1 rings (SSSR count). The molecule has 1 atom stereocenters. The first kappa shape index (κ1) is 14.8. The zero-order chi connectivity index (χ0) is 13.9. The van der Waals surface area contributed by atoms with E-state index in [1.807, 2.05) is 0 Å². The molecular formula is C13H24N2O3. The molecule has 0 bridgehead atoms. The second kappa shape index (κ2) is 5.59. The van der Waals surface area contributed by atoms with Gasteiger partial charge >= 0.3 is 12.0 Å². The number of likely N-dealkylation sites (tertiary alicyclic amines) is 1. The minimum absolute atomic E-state index is 0.266. The fourth-order valence-corrected chi connectivity index (χ4v) is 2.29. The smallest absolute Gasteiger partial charge is 0.325 e. The summed E-state index contributed by atoms with van der Waals surface area (Å²) in [6.45, 7) is 9.56. The van der Waals surface area contributed by atoms with Crippen molar-refractivity contribution < 1.29 is 14.7 Å². The van der Waals surface area contributed by atoms with Crippen molar-refractivity contribution in [2.45, 2.75) is 46.6 Å². The van der Waals surface area contributed by atoms with Crippen LogP contribution >= 0.6 is 0 Å². The number of nitrogens with zero attached hydrogens (tertiary/aromatic N) is 1. The number of carbonyl (C=O) groups is 2. The first-order chi connectivity index (χ1) is 8.21. The molecule has 0 aromatic heterocycles. The highest BCUT2D eigenvalue weighted by atomic mass is 16.4. The number of urea groups is 1. The summed E-state index contributed by atoms with van der Waals surface area (Å²) in [4.78, 5) is 24.2. The van der Waals surface area contributed by atoms with E-state index >= 15 is 0 Å². The number of rotatable bonds is 2. The van der Waals surface area contributed by atoms with Crippen LogP contribution in [-0.4, -0.2) is 41.1 Å². The lowest BCUT2D eigenvalue weighted by molar-refractivity contribution is -0.138. The lowest BCUT2D eigenvalue weighted by Crippen LogP contribution is -2.50. The summed E-state index contributed by atoms with van der Waals surface area (Å²) in [5.41, 5.74) is 0.275. The van der Waals surface area contributed by atoms with E-state index in [0.717, 1.165) is 12.8 Å². The summed E-state index contributed by atoms with van der Waals surface area (Å²) in [7, 11) is 0. The Bertz CT molecular complexity index is 315. The number of carboxylic acids is 1. The highest BCUT2D eigenvalue weighted by molar-refractivity contribution is 5.82. The Morgan fingerprint density at radius 1 is 1.28 bits per heavy atom. The number of amides is 2. The predicted molar refractivity (Wildman–Crippen MR) is 69.4 cm³/mol. The maximum absolute atomic E-state index is 11.8. The standard InChI is InChI=1S/C13H24N2O3/c1-9(11(16)17)14-12(18)15-7-5-10(6-8-15)13(2,3)4/h9-10H,5-8H2,1-4H3,(H,14,18)(H,16,17)/t9-/m0/s1. The van der Waals surface area contributed by atoms with E-state index in [1.165, 1.54) is 6.92 Å². The third-order valence-electron chi connectivity index (χ3n) is 3.72. The zero-order valence-electron chi connectivity index (χ0n) is 11.7. The third kappa shape index (κ3) is 3.89. The first-order valence-electron chi connectivity index (χ1n) is 6.50. The summed E-state index contributed by atoms with van der Waals surface area (Å²) in [6.07, 6.45) is 1.97. The molecule has 1 aliphatic heterocycles. The Labute approximate surface area is 109 Å². The molecule has 5 heteroatoms. The van der Waals surface area contributed by atoms with Gasteiger partial charge in [0.1, 0.15) is 6.04 Å². The van der Waals surface area contributed by atoms with Gasteiger partial charge in [0.15, 0.2) is 0 Å². The molecule has 1 aliphatic rings. The lowest BCUT2D eigenvalue weighted by atomic mass is 9.75. The molecule has 2 N–H and O–H groups in total. The molecule has 18 heavy (non-hydrogen) atoms. The molecule has 0 spiro atoms. The lowest BCUT2D eigenvalue weighted by Gasteiger charge is -2.38. The van der Waals surface area contributed by atoms with Gasteiger partial charge in [0.25, 0.3) is 0 Å². The van der Waals surface area contributed by atoms with E-state index in [0.29, 0.717) is 19.0 Å². The summed E-state index contributed by atoms with van der Waals surface area (Å²) in [6, 6.07) is -1.10. The molecule has 0 aliphatic carbocycles. The van der Waals surface area contributed by atoms with E-state index in [4.69, 9.17) is 5.11 Å². The number of aliphatic carboxylic acids is 1. The zero-order valence-corrected chi connectivity index (χ0v) is 11.7. The molecule has 104 valence electrons. The predicted octanol–water partition coefficient (Wildman–Crippen LogP) is 1.93. The van der Waals surface area contributed by atoms with Crippen molar-refractivity contribution in [1.29, 1.82) is 0 Å². The first-order valence-corrected chi connectivity index (χ1v) is 6.50. The molecule has 0 saturated carbocycles. The normalized spacial score (nSPS) is 19.4. The Morgan fingerprint density at radius 3 is 2.17 bits per heavy atom. The molecular weight excluding hydrogens is 232 g/mol. The summed E-state index contributed by atoms with van der Waals surface area (Å²) in [5.74, 6) is -0.383. The van der Waals surface area contributed by atoms with Crippen LogP contribution in [0.5, 0.6) is 0 Å². The van der Waals surface area contributed by atoms with Gasteiger partial charge in [-0.05, 0) is 31.1 Å². The number of carbonyl (C=O) groups excluding carboxylic acids is 1. The number of hydrogen-bond donors (Lipinski definition) is 2. The van der Waals surface area contributed by atoms with Crippen molar-refractivity contribution >= 4 is 12.0 Å². The van der Waals surface area contributed by atoms with Crippen molar-refractivity contribution in [3.05, 3.63) is 0 Å². The molecule has 2 amide bonds. The molecule has 0 aromatic carbocycles. The van der Waals surface area contributed by atoms with Crippen LogP contribution in [-0.2, 0) is 4.79 Å². The average Bonchev–Trinajstić information content (AvgIpc) is 2.27. The van der Waals surface area contributed by atoms with Crippen molar-refractivity contribution in [3.63, 3.8) is 0 Å². The van der Waals surface area contributed by atoms with Gasteiger partial charge in [-0.15, -0.1) is 0 Å². The number of piperidine rings is 1. The monoisotopic (exact) mass is 256 g/mol. The highest BCUT2D eigenvalue weighted by Crippen LogP contribution is 2.34. The SMILES string of the molecule is C[C@H](NC(=O)N1CCC(C(C)(C)C)CC1)C(=O)O. The van der Waals surface area contributed by atoms with E-state index in [2.05, 4.69) is 26.1 Å². The maximum Gasteiger partial charge on any atom is 0.325 e. The summed E-state index contributed by atoms with van der Waals surface area (Å²) < 4.78 is 0. The molecule has 1 saturated heterocycles. The van der Waals surface area contributed by atoms with Crippen LogP contribution in [0.15, 0.2) is 0 Å². The maximum atomic E-state index is 11.8. The third-order valence-corrected chi connectivity index (χ3v) is 3.72. The topological polar surface area (TPSA) is 69.6 Å². The quantitative estimate of drug-likeness (QED) is 0.793. The van der Waals surface area contributed by atoms with Gasteiger partial charge in [0.2, 0.25) is 0 Å². The largest absolute Gasteiger partial charge is 0.480 e. The fraction of sp³-hybridized carbons (Fsp3) is 0.846. The van der Waals surface area contributed by atoms with Crippen LogP contribution in [0.25, 0.3) is 0 Å². The van der Waals surface area contributed by atoms with E-state index < -0.39 is 12.0 Å². The van der Waals surface area contributed by atoms with Crippen LogP contribution in [0.2, 0.25) is 0 Å². The Balaban J connectivity index is 2.43.